The van der Waals surface area contributed by atoms with Crippen molar-refractivity contribution < 1.29 is 4.79 Å². The van der Waals surface area contributed by atoms with Crippen LogP contribution in [0.15, 0.2) is 18.2 Å². The van der Waals surface area contributed by atoms with E-state index in [0.29, 0.717) is 17.6 Å². The van der Waals surface area contributed by atoms with Crippen molar-refractivity contribution in [3.8, 4) is 0 Å². The van der Waals surface area contributed by atoms with Gasteiger partial charge in [-0.1, -0.05) is 31.5 Å². The van der Waals surface area contributed by atoms with Gasteiger partial charge in [0.15, 0.2) is 0 Å². The van der Waals surface area contributed by atoms with Crippen LogP contribution < -0.4 is 15.5 Å². The molecule has 0 aromatic heterocycles. The van der Waals surface area contributed by atoms with Crippen LogP contribution in [0, 0.1) is 0 Å². The van der Waals surface area contributed by atoms with Gasteiger partial charge in [-0.15, -0.1) is 0 Å². The van der Waals surface area contributed by atoms with Gasteiger partial charge in [-0.2, -0.15) is 0 Å². The van der Waals surface area contributed by atoms with E-state index >= 15 is 0 Å². The summed E-state index contributed by atoms with van der Waals surface area (Å²) in [7, 11) is 0. The van der Waals surface area contributed by atoms with E-state index in [-0.39, 0.29) is 11.9 Å². The second-order valence-electron chi connectivity index (χ2n) is 5.48. The average Bonchev–Trinajstić information content (AvgIpc) is 2.40. The maximum atomic E-state index is 11.7. The third-order valence-corrected chi connectivity index (χ3v) is 3.84. The lowest BCUT2D eigenvalue weighted by Gasteiger charge is -2.35. The van der Waals surface area contributed by atoms with Crippen molar-refractivity contribution >= 4 is 23.2 Å². The van der Waals surface area contributed by atoms with Crippen LogP contribution in [-0.2, 0) is 11.3 Å². The van der Waals surface area contributed by atoms with Gasteiger partial charge in [0.25, 0.3) is 0 Å². The first kappa shape index (κ1) is 15.1. The molecule has 1 aromatic carbocycles. The molecule has 1 saturated heterocycles. The zero-order valence-electron chi connectivity index (χ0n) is 12.2. The molecule has 0 aliphatic carbocycles. The van der Waals surface area contributed by atoms with Crippen LogP contribution in [0.2, 0.25) is 5.02 Å². The lowest BCUT2D eigenvalue weighted by molar-refractivity contribution is -0.122. The number of nitrogens with zero attached hydrogens (tertiary/aromatic N) is 1. The molecule has 20 heavy (non-hydrogen) atoms. The number of carbonyl (C=O) groups excluding carboxylic acids is 1. The first-order chi connectivity index (χ1) is 9.49. The van der Waals surface area contributed by atoms with Crippen LogP contribution in [0.4, 0.5) is 5.69 Å². The fourth-order valence-electron chi connectivity index (χ4n) is 2.33. The Bertz CT molecular complexity index is 490. The molecule has 1 unspecified atom stereocenters. The minimum absolute atomic E-state index is 0.0536. The summed E-state index contributed by atoms with van der Waals surface area (Å²) < 4.78 is 0. The molecular weight excluding hydrogens is 274 g/mol. The van der Waals surface area contributed by atoms with E-state index in [1.807, 2.05) is 19.1 Å². The molecule has 1 atom stereocenters. The smallest absolute Gasteiger partial charge is 0.242 e. The maximum Gasteiger partial charge on any atom is 0.242 e. The second kappa shape index (κ2) is 6.46. The van der Waals surface area contributed by atoms with Gasteiger partial charge in [0.05, 0.1) is 10.7 Å². The van der Waals surface area contributed by atoms with Gasteiger partial charge in [-0.3, -0.25) is 4.79 Å². The number of carbonyl (C=O) groups is 1. The molecule has 110 valence electrons. The Labute approximate surface area is 125 Å². The molecule has 1 aromatic rings. The molecule has 1 aliphatic rings. The van der Waals surface area contributed by atoms with Crippen molar-refractivity contribution in [3.05, 3.63) is 28.8 Å². The van der Waals surface area contributed by atoms with E-state index < -0.39 is 0 Å². The van der Waals surface area contributed by atoms with E-state index in [9.17, 15) is 4.79 Å². The third kappa shape index (κ3) is 3.44. The largest absolute Gasteiger partial charge is 0.357 e. The molecule has 1 fully saturated rings. The standard InChI is InChI=1S/C15H22ClN3O/c1-10(2)18-9-12-4-5-14(13(16)8-12)19-7-6-17-15(20)11(19)3/h4-5,8,10-11,18H,6-7,9H2,1-3H3,(H,17,20). The van der Waals surface area contributed by atoms with Crippen molar-refractivity contribution in [1.29, 1.82) is 0 Å². The maximum absolute atomic E-state index is 11.7. The monoisotopic (exact) mass is 295 g/mol. The Hall–Kier alpha value is -1.26. The molecule has 2 N–H and O–H groups in total. The van der Waals surface area contributed by atoms with Crippen molar-refractivity contribution in [2.24, 2.45) is 0 Å². The zero-order chi connectivity index (χ0) is 14.7. The van der Waals surface area contributed by atoms with Crippen LogP contribution in [-0.4, -0.2) is 31.1 Å². The normalized spacial score (nSPS) is 19.4. The van der Waals surface area contributed by atoms with Crippen molar-refractivity contribution in [2.75, 3.05) is 18.0 Å². The van der Waals surface area contributed by atoms with Crippen LogP contribution in [0.5, 0.6) is 0 Å². The van der Waals surface area contributed by atoms with Crippen LogP contribution in [0.3, 0.4) is 0 Å². The van der Waals surface area contributed by atoms with Gasteiger partial charge in [-0.05, 0) is 24.6 Å². The summed E-state index contributed by atoms with van der Waals surface area (Å²) in [5, 5.41) is 6.93. The van der Waals surface area contributed by atoms with Gasteiger partial charge in [0.2, 0.25) is 5.91 Å². The zero-order valence-corrected chi connectivity index (χ0v) is 13.0. The average molecular weight is 296 g/mol. The van der Waals surface area contributed by atoms with Gasteiger partial charge < -0.3 is 15.5 Å². The Kier molecular flexibility index (Phi) is 4.89. The number of halogens is 1. The molecule has 0 bridgehead atoms. The number of benzene rings is 1. The predicted octanol–water partition coefficient (Wildman–Crippen LogP) is 2.16. The van der Waals surface area contributed by atoms with Crippen LogP contribution in [0.1, 0.15) is 26.3 Å². The SMILES string of the molecule is CC(C)NCc1ccc(N2CCNC(=O)C2C)c(Cl)c1. The molecule has 0 spiro atoms. The quantitative estimate of drug-likeness (QED) is 0.895. The van der Waals surface area contributed by atoms with E-state index in [1.165, 1.54) is 0 Å². The highest BCUT2D eigenvalue weighted by atomic mass is 35.5. The minimum atomic E-state index is -0.180. The van der Waals surface area contributed by atoms with Crippen molar-refractivity contribution in [3.63, 3.8) is 0 Å². The molecule has 2 rings (SSSR count). The highest BCUT2D eigenvalue weighted by molar-refractivity contribution is 6.33. The Balaban J connectivity index is 2.14. The first-order valence-corrected chi connectivity index (χ1v) is 7.43. The van der Waals surface area contributed by atoms with Gasteiger partial charge >= 0.3 is 0 Å². The molecule has 0 saturated carbocycles. The number of nitrogens with one attached hydrogen (secondary N) is 2. The minimum Gasteiger partial charge on any atom is -0.357 e. The lowest BCUT2D eigenvalue weighted by Crippen LogP contribution is -2.54. The number of rotatable bonds is 4. The number of anilines is 1. The molecule has 1 aliphatic heterocycles. The number of amides is 1. The summed E-state index contributed by atoms with van der Waals surface area (Å²) in [6.07, 6.45) is 0. The topological polar surface area (TPSA) is 44.4 Å². The van der Waals surface area contributed by atoms with Gasteiger partial charge in [-0.25, -0.2) is 0 Å². The van der Waals surface area contributed by atoms with Gasteiger partial charge in [0.1, 0.15) is 6.04 Å². The summed E-state index contributed by atoms with van der Waals surface area (Å²) in [6, 6.07) is 6.32. The molecule has 5 heteroatoms. The predicted molar refractivity (Wildman–Crippen MR) is 83.2 cm³/mol. The number of hydrogen-bond donors (Lipinski definition) is 2. The number of hydrogen-bond acceptors (Lipinski definition) is 3. The molecule has 0 radical (unpaired) electrons. The molecular formula is C15H22ClN3O. The third-order valence-electron chi connectivity index (χ3n) is 3.53. The molecule has 4 nitrogen and oxygen atoms in total. The second-order valence-corrected chi connectivity index (χ2v) is 5.89. The van der Waals surface area contributed by atoms with Crippen LogP contribution >= 0.6 is 11.6 Å². The highest BCUT2D eigenvalue weighted by Crippen LogP contribution is 2.29. The van der Waals surface area contributed by atoms with Crippen LogP contribution in [0.25, 0.3) is 0 Å². The summed E-state index contributed by atoms with van der Waals surface area (Å²) in [5.41, 5.74) is 2.09. The van der Waals surface area contributed by atoms with Crippen molar-refractivity contribution in [1.82, 2.24) is 10.6 Å². The Morgan fingerprint density at radius 2 is 2.25 bits per heavy atom. The summed E-state index contributed by atoms with van der Waals surface area (Å²) >= 11 is 6.39. The van der Waals surface area contributed by atoms with E-state index in [1.54, 1.807) is 0 Å². The van der Waals surface area contributed by atoms with E-state index in [0.717, 1.165) is 24.3 Å². The fraction of sp³-hybridized carbons (Fsp3) is 0.533. The van der Waals surface area contributed by atoms with E-state index in [2.05, 4.69) is 35.4 Å². The summed E-state index contributed by atoms with van der Waals surface area (Å²) in [6.45, 7) is 8.38. The summed E-state index contributed by atoms with van der Waals surface area (Å²) in [4.78, 5) is 13.8. The lowest BCUT2D eigenvalue weighted by atomic mass is 10.1. The van der Waals surface area contributed by atoms with E-state index in [4.69, 9.17) is 11.6 Å². The van der Waals surface area contributed by atoms with Gasteiger partial charge in [0, 0.05) is 25.7 Å². The first-order valence-electron chi connectivity index (χ1n) is 7.05. The Morgan fingerprint density at radius 3 is 2.90 bits per heavy atom. The summed E-state index contributed by atoms with van der Waals surface area (Å²) in [5.74, 6) is 0.0536. The molecule has 1 heterocycles. The number of piperazine rings is 1. The Morgan fingerprint density at radius 1 is 1.50 bits per heavy atom. The van der Waals surface area contributed by atoms with Crippen molar-refractivity contribution in [2.45, 2.75) is 39.4 Å². The fourth-order valence-corrected chi connectivity index (χ4v) is 2.64. The highest BCUT2D eigenvalue weighted by Gasteiger charge is 2.26. The molecule has 1 amide bonds.